The quantitative estimate of drug-likeness (QED) is 0.490. The zero-order valence-electron chi connectivity index (χ0n) is 13.6. The highest BCUT2D eigenvalue weighted by atomic mass is 19.1. The van der Waals surface area contributed by atoms with E-state index in [1.807, 2.05) is 28.8 Å². The number of halogens is 1. The van der Waals surface area contributed by atoms with Gasteiger partial charge in [-0.2, -0.15) is 0 Å². The van der Waals surface area contributed by atoms with E-state index in [1.54, 1.807) is 30.5 Å². The van der Waals surface area contributed by atoms with E-state index in [2.05, 4.69) is 0 Å². The highest BCUT2D eigenvalue weighted by Crippen LogP contribution is 2.33. The Morgan fingerprint density at radius 2 is 1.77 bits per heavy atom. The van der Waals surface area contributed by atoms with Crippen LogP contribution in [0.15, 0.2) is 71.7 Å². The van der Waals surface area contributed by atoms with Crippen molar-refractivity contribution in [2.24, 2.45) is 0 Å². The average molecular weight is 344 g/mol. The molecule has 0 spiro atoms. The number of carbonyl (C=O) groups excluding carboxylic acids is 1. The van der Waals surface area contributed by atoms with Crippen LogP contribution in [0.2, 0.25) is 0 Å². The maximum absolute atomic E-state index is 13.7. The van der Waals surface area contributed by atoms with E-state index in [9.17, 15) is 14.0 Å². The summed E-state index contributed by atoms with van der Waals surface area (Å²) in [6.45, 7) is 0.360. The number of aromatic nitrogens is 2. The summed E-state index contributed by atoms with van der Waals surface area (Å²) < 4.78 is 17.1. The number of benzene rings is 2. The molecule has 0 saturated carbocycles. The van der Waals surface area contributed by atoms with Crippen LogP contribution >= 0.6 is 0 Å². The van der Waals surface area contributed by atoms with Gasteiger partial charge in [0.25, 0.3) is 5.91 Å². The summed E-state index contributed by atoms with van der Waals surface area (Å²) in [6, 6.07) is 17.2. The van der Waals surface area contributed by atoms with Gasteiger partial charge in [0.15, 0.2) is 0 Å². The molecule has 1 aliphatic heterocycles. The smallest absolute Gasteiger partial charge is 0.268 e. The molecule has 5 heteroatoms. The minimum absolute atomic E-state index is 0.177. The molecule has 2 aromatic heterocycles. The first-order valence-corrected chi connectivity index (χ1v) is 8.27. The lowest BCUT2D eigenvalue weighted by molar-refractivity contribution is 0.0968. The SMILES string of the molecule is O=C1c2c(n(Cc3cccc(F)c3)c3ccccc3c2=O)-c2cccn21. The van der Waals surface area contributed by atoms with Crippen molar-refractivity contribution in [1.82, 2.24) is 9.13 Å². The minimum atomic E-state index is -0.316. The van der Waals surface area contributed by atoms with E-state index < -0.39 is 0 Å². The van der Waals surface area contributed by atoms with Gasteiger partial charge in [-0.25, -0.2) is 4.39 Å². The van der Waals surface area contributed by atoms with Crippen molar-refractivity contribution in [2.75, 3.05) is 0 Å². The van der Waals surface area contributed by atoms with Gasteiger partial charge in [0, 0.05) is 18.1 Å². The lowest BCUT2D eigenvalue weighted by Crippen LogP contribution is -2.20. The number of carbonyl (C=O) groups is 1. The predicted molar refractivity (Wildman–Crippen MR) is 96.9 cm³/mol. The third kappa shape index (κ3) is 1.94. The Labute approximate surface area is 147 Å². The van der Waals surface area contributed by atoms with Crippen LogP contribution in [0.1, 0.15) is 15.9 Å². The van der Waals surface area contributed by atoms with Gasteiger partial charge in [-0.05, 0) is 42.0 Å². The Bertz CT molecular complexity index is 1270. The van der Waals surface area contributed by atoms with Crippen LogP contribution in [0.25, 0.3) is 22.3 Å². The van der Waals surface area contributed by atoms with Gasteiger partial charge >= 0.3 is 0 Å². The highest BCUT2D eigenvalue weighted by Gasteiger charge is 2.32. The van der Waals surface area contributed by atoms with Gasteiger partial charge in [-0.3, -0.25) is 14.2 Å². The fourth-order valence-electron chi connectivity index (χ4n) is 3.72. The van der Waals surface area contributed by atoms with Crippen molar-refractivity contribution in [1.29, 1.82) is 0 Å². The van der Waals surface area contributed by atoms with Gasteiger partial charge in [0.1, 0.15) is 11.4 Å². The van der Waals surface area contributed by atoms with Crippen LogP contribution in [0, 0.1) is 5.82 Å². The van der Waals surface area contributed by atoms with Crippen LogP contribution in [0.3, 0.4) is 0 Å². The maximum atomic E-state index is 13.7. The van der Waals surface area contributed by atoms with Crippen LogP contribution < -0.4 is 5.43 Å². The van der Waals surface area contributed by atoms with Crippen molar-refractivity contribution in [3.63, 3.8) is 0 Å². The van der Waals surface area contributed by atoms with E-state index >= 15 is 0 Å². The van der Waals surface area contributed by atoms with Crippen molar-refractivity contribution >= 4 is 16.8 Å². The number of pyridine rings is 1. The molecule has 26 heavy (non-hydrogen) atoms. The summed E-state index contributed by atoms with van der Waals surface area (Å²) in [7, 11) is 0. The Balaban J connectivity index is 1.88. The second-order valence-electron chi connectivity index (χ2n) is 6.35. The summed E-state index contributed by atoms with van der Waals surface area (Å²) in [5.74, 6) is -0.632. The average Bonchev–Trinajstić information content (AvgIpc) is 3.22. The third-order valence-electron chi connectivity index (χ3n) is 4.83. The van der Waals surface area contributed by atoms with Crippen LogP contribution in [-0.2, 0) is 6.54 Å². The zero-order chi connectivity index (χ0) is 17.8. The van der Waals surface area contributed by atoms with Gasteiger partial charge in [0.2, 0.25) is 5.43 Å². The van der Waals surface area contributed by atoms with E-state index in [0.717, 1.165) is 11.1 Å². The van der Waals surface area contributed by atoms with Crippen LogP contribution in [0.5, 0.6) is 0 Å². The molecule has 0 amide bonds. The zero-order valence-corrected chi connectivity index (χ0v) is 13.6. The summed E-state index contributed by atoms with van der Waals surface area (Å²) in [5, 5.41) is 0.488. The van der Waals surface area contributed by atoms with E-state index in [4.69, 9.17) is 0 Å². The normalized spacial score (nSPS) is 12.4. The predicted octanol–water partition coefficient (Wildman–Crippen LogP) is 3.66. The molecular weight excluding hydrogens is 331 g/mol. The molecule has 4 aromatic rings. The first-order valence-electron chi connectivity index (χ1n) is 8.27. The summed E-state index contributed by atoms with van der Waals surface area (Å²) in [4.78, 5) is 25.7. The molecule has 126 valence electrons. The topological polar surface area (TPSA) is 44.0 Å². The van der Waals surface area contributed by atoms with Crippen molar-refractivity contribution in [2.45, 2.75) is 6.54 Å². The number of nitrogens with zero attached hydrogens (tertiary/aromatic N) is 2. The van der Waals surface area contributed by atoms with Crippen LogP contribution in [-0.4, -0.2) is 15.0 Å². The molecule has 0 bridgehead atoms. The Morgan fingerprint density at radius 3 is 2.62 bits per heavy atom. The second kappa shape index (κ2) is 5.26. The molecule has 0 N–H and O–H groups in total. The lowest BCUT2D eigenvalue weighted by Gasteiger charge is -2.16. The van der Waals surface area contributed by atoms with E-state index in [-0.39, 0.29) is 22.7 Å². The molecule has 0 atom stereocenters. The monoisotopic (exact) mass is 344 g/mol. The van der Waals surface area contributed by atoms with Gasteiger partial charge in [0.05, 0.1) is 16.9 Å². The van der Waals surface area contributed by atoms with Crippen LogP contribution in [0.4, 0.5) is 4.39 Å². The molecule has 4 nitrogen and oxygen atoms in total. The number of rotatable bonds is 2. The molecule has 2 aromatic carbocycles. The van der Waals surface area contributed by atoms with E-state index in [0.29, 0.717) is 23.3 Å². The maximum Gasteiger partial charge on any atom is 0.268 e. The minimum Gasteiger partial charge on any atom is -0.334 e. The first-order chi connectivity index (χ1) is 12.6. The fraction of sp³-hybridized carbons (Fsp3) is 0.0476. The molecule has 5 rings (SSSR count). The summed E-state index contributed by atoms with van der Waals surface area (Å²) >= 11 is 0. The van der Waals surface area contributed by atoms with Gasteiger partial charge in [-0.1, -0.05) is 24.3 Å². The Morgan fingerprint density at radius 1 is 0.923 bits per heavy atom. The number of hydrogen-bond donors (Lipinski definition) is 0. The summed E-state index contributed by atoms with van der Waals surface area (Å²) in [6.07, 6.45) is 1.66. The highest BCUT2D eigenvalue weighted by molar-refractivity contribution is 6.10. The third-order valence-corrected chi connectivity index (χ3v) is 4.83. The number of fused-ring (bicyclic) bond motifs is 4. The van der Waals surface area contributed by atoms with Crippen molar-refractivity contribution < 1.29 is 9.18 Å². The largest absolute Gasteiger partial charge is 0.334 e. The van der Waals surface area contributed by atoms with Gasteiger partial charge in [-0.15, -0.1) is 0 Å². The van der Waals surface area contributed by atoms with E-state index in [1.165, 1.54) is 16.7 Å². The molecule has 1 aliphatic rings. The standard InChI is InChI=1S/C21H13FN2O2/c22-14-6-3-5-13(11-14)12-24-16-8-2-1-7-15(16)20(25)18-19(24)17-9-4-10-23(17)21(18)26/h1-11H,12H2. The Hall–Kier alpha value is -3.47. The second-order valence-corrected chi connectivity index (χ2v) is 6.35. The number of para-hydroxylation sites is 1. The molecule has 3 heterocycles. The molecule has 0 unspecified atom stereocenters. The number of hydrogen-bond acceptors (Lipinski definition) is 2. The molecule has 0 saturated heterocycles. The van der Waals surface area contributed by atoms with Gasteiger partial charge < -0.3 is 4.57 Å². The molecule has 0 aliphatic carbocycles. The lowest BCUT2D eigenvalue weighted by atomic mass is 10.1. The first kappa shape index (κ1) is 14.8. The summed E-state index contributed by atoms with van der Waals surface area (Å²) in [5.41, 5.74) is 2.68. The van der Waals surface area contributed by atoms with Crippen molar-refractivity contribution in [3.8, 4) is 11.4 Å². The molecule has 0 radical (unpaired) electrons. The molecular formula is C21H13FN2O2. The Kier molecular flexibility index (Phi) is 3.00. The molecule has 0 fully saturated rings. The fourth-order valence-corrected chi connectivity index (χ4v) is 3.72. The van der Waals surface area contributed by atoms with Crippen molar-refractivity contribution in [3.05, 3.63) is 94.0 Å².